The van der Waals surface area contributed by atoms with Crippen molar-refractivity contribution in [3.63, 3.8) is 0 Å². The van der Waals surface area contributed by atoms with Crippen LogP contribution in [0.15, 0.2) is 83.8 Å². The Morgan fingerprint density at radius 1 is 1.02 bits per heavy atom. The van der Waals surface area contributed by atoms with Gasteiger partial charge < -0.3 is 14.9 Å². The van der Waals surface area contributed by atoms with Gasteiger partial charge in [-0.1, -0.05) is 24.3 Å². The third-order valence-corrected chi connectivity index (χ3v) is 6.48. The minimum atomic E-state index is -1.15. The van der Waals surface area contributed by atoms with Crippen LogP contribution in [0.5, 0.6) is 17.2 Å². The summed E-state index contributed by atoms with van der Waals surface area (Å²) in [6.45, 7) is 4.99. The molecule has 0 aliphatic heterocycles. The van der Waals surface area contributed by atoms with Crippen LogP contribution in [0.2, 0.25) is 0 Å². The summed E-state index contributed by atoms with van der Waals surface area (Å²) >= 11 is 0. The van der Waals surface area contributed by atoms with E-state index in [9.17, 15) is 19.8 Å². The summed E-state index contributed by atoms with van der Waals surface area (Å²) < 4.78 is 23.9. The second-order valence-electron chi connectivity index (χ2n) is 10.3. The predicted molar refractivity (Wildman–Crippen MR) is 149 cm³/mol. The van der Waals surface area contributed by atoms with Crippen LogP contribution in [0.3, 0.4) is 0 Å². The molecule has 2 aromatic heterocycles. The zero-order valence-corrected chi connectivity index (χ0v) is 22.3. The number of carbonyl (C=O) groups is 1. The molecule has 0 spiro atoms. The van der Waals surface area contributed by atoms with E-state index < -0.39 is 22.8 Å². The van der Waals surface area contributed by atoms with Crippen molar-refractivity contribution in [1.82, 2.24) is 14.3 Å². The first-order chi connectivity index (χ1) is 19.0. The van der Waals surface area contributed by atoms with E-state index in [2.05, 4.69) is 4.98 Å². The molecule has 0 aliphatic carbocycles. The molecule has 0 radical (unpaired) electrons. The van der Waals surface area contributed by atoms with Crippen molar-refractivity contribution in [2.75, 3.05) is 0 Å². The molecular formula is C31H28FN3O5. The van der Waals surface area contributed by atoms with Crippen LogP contribution in [0.1, 0.15) is 35.5 Å². The molecule has 0 fully saturated rings. The van der Waals surface area contributed by atoms with Crippen molar-refractivity contribution in [2.45, 2.75) is 39.3 Å². The van der Waals surface area contributed by atoms with Crippen molar-refractivity contribution >= 4 is 16.7 Å². The van der Waals surface area contributed by atoms with Gasteiger partial charge in [-0.3, -0.25) is 19.3 Å². The Labute approximate surface area is 229 Å². The lowest BCUT2D eigenvalue weighted by molar-refractivity contribution is 0.0546. The number of phenols is 1. The number of fused-ring (bicyclic) bond motifs is 1. The van der Waals surface area contributed by atoms with E-state index in [4.69, 9.17) is 4.74 Å². The fraction of sp³-hybridized carbons (Fsp3) is 0.194. The van der Waals surface area contributed by atoms with Gasteiger partial charge in [0.2, 0.25) is 0 Å². The summed E-state index contributed by atoms with van der Waals surface area (Å²) in [5.41, 5.74) is 0.177. The number of hydrogen-bond donors (Lipinski definition) is 2. The summed E-state index contributed by atoms with van der Waals surface area (Å²) in [7, 11) is 0. The number of aliphatic hydroxyl groups is 1. The standard InChI is InChI=1S/C31H28FN3O5/c1-19-29(30(38)35(21-7-5-4-6-8-21)34(19)18-31(2,3)39)26(37)16-20-9-12-28(24(32)15-20)40-27-13-14-33-25-17-22(36)10-11-23(25)27/h4-15,17,36,39H,16,18H2,1-3H3. The lowest BCUT2D eigenvalue weighted by Crippen LogP contribution is -2.32. The number of benzene rings is 3. The zero-order valence-electron chi connectivity index (χ0n) is 22.3. The monoisotopic (exact) mass is 541 g/mol. The van der Waals surface area contributed by atoms with E-state index in [1.54, 1.807) is 67.9 Å². The number of ketones is 1. The second kappa shape index (κ2) is 10.4. The average molecular weight is 542 g/mol. The molecule has 0 atom stereocenters. The normalized spacial score (nSPS) is 11.6. The molecule has 0 amide bonds. The van der Waals surface area contributed by atoms with Crippen LogP contribution in [0.25, 0.3) is 16.6 Å². The van der Waals surface area contributed by atoms with E-state index >= 15 is 4.39 Å². The van der Waals surface area contributed by atoms with Crippen LogP contribution < -0.4 is 10.3 Å². The molecule has 9 heteroatoms. The van der Waals surface area contributed by atoms with Gasteiger partial charge in [0.15, 0.2) is 17.3 Å². The van der Waals surface area contributed by atoms with Crippen molar-refractivity contribution in [3.05, 3.63) is 112 Å². The first kappa shape index (κ1) is 26.8. The highest BCUT2D eigenvalue weighted by molar-refractivity contribution is 5.98. The first-order valence-electron chi connectivity index (χ1n) is 12.7. The first-order valence-corrected chi connectivity index (χ1v) is 12.7. The molecule has 0 aliphatic rings. The van der Waals surface area contributed by atoms with Gasteiger partial charge in [0, 0.05) is 29.8 Å². The number of nitrogens with zero attached hydrogens (tertiary/aromatic N) is 3. The summed E-state index contributed by atoms with van der Waals surface area (Å²) in [5.74, 6) is -0.769. The number of para-hydroxylation sites is 1. The summed E-state index contributed by atoms with van der Waals surface area (Å²) in [4.78, 5) is 31.1. The van der Waals surface area contributed by atoms with Crippen LogP contribution in [-0.4, -0.2) is 35.9 Å². The fourth-order valence-electron chi connectivity index (χ4n) is 4.68. The summed E-state index contributed by atoms with van der Waals surface area (Å²) in [5, 5.41) is 20.8. The number of ether oxygens (including phenoxy) is 1. The molecule has 0 bridgehead atoms. The lowest BCUT2D eigenvalue weighted by atomic mass is 10.0. The average Bonchev–Trinajstić information content (AvgIpc) is 3.13. The number of hydrogen-bond acceptors (Lipinski definition) is 6. The van der Waals surface area contributed by atoms with Gasteiger partial charge in [0.05, 0.1) is 23.3 Å². The molecule has 0 saturated heterocycles. The fourth-order valence-corrected chi connectivity index (χ4v) is 4.68. The Hall–Kier alpha value is -4.76. The Bertz CT molecular complexity index is 1790. The highest BCUT2D eigenvalue weighted by Gasteiger charge is 2.27. The molecule has 204 valence electrons. The maximum absolute atomic E-state index is 15.1. The van der Waals surface area contributed by atoms with Crippen LogP contribution in [-0.2, 0) is 13.0 Å². The number of Topliss-reactive ketones (excluding diaryl/α,β-unsaturated/α-hetero) is 1. The molecule has 2 heterocycles. The zero-order chi connectivity index (χ0) is 28.6. The summed E-state index contributed by atoms with van der Waals surface area (Å²) in [6.07, 6.45) is 1.29. The van der Waals surface area contributed by atoms with Crippen LogP contribution >= 0.6 is 0 Å². The number of carbonyl (C=O) groups excluding carboxylic acids is 1. The molecular weight excluding hydrogens is 513 g/mol. The maximum atomic E-state index is 15.1. The highest BCUT2D eigenvalue weighted by Crippen LogP contribution is 2.32. The Balaban J connectivity index is 1.44. The third kappa shape index (κ3) is 5.37. The SMILES string of the molecule is Cc1c(C(=O)Cc2ccc(Oc3ccnc4cc(O)ccc34)c(F)c2)c(=O)n(-c2ccccc2)n1CC(C)(C)O. The van der Waals surface area contributed by atoms with E-state index in [0.717, 1.165) is 0 Å². The Morgan fingerprint density at radius 2 is 1.77 bits per heavy atom. The number of aromatic hydroxyl groups is 1. The second-order valence-corrected chi connectivity index (χ2v) is 10.3. The smallest absolute Gasteiger partial charge is 0.282 e. The molecule has 5 aromatic rings. The molecule has 3 aromatic carbocycles. The minimum Gasteiger partial charge on any atom is -0.508 e. The van der Waals surface area contributed by atoms with Gasteiger partial charge in [0.25, 0.3) is 5.56 Å². The minimum absolute atomic E-state index is 0.0136. The number of aromatic nitrogens is 3. The van der Waals surface area contributed by atoms with Crippen molar-refractivity contribution in [2.24, 2.45) is 0 Å². The molecule has 0 saturated carbocycles. The molecule has 0 unspecified atom stereocenters. The predicted octanol–water partition coefficient (Wildman–Crippen LogP) is 5.33. The molecule has 2 N–H and O–H groups in total. The van der Waals surface area contributed by atoms with Gasteiger partial charge in [-0.25, -0.2) is 9.07 Å². The van der Waals surface area contributed by atoms with Gasteiger partial charge in [-0.05, 0) is 68.8 Å². The molecule has 5 rings (SSSR count). The van der Waals surface area contributed by atoms with Crippen molar-refractivity contribution in [1.29, 1.82) is 0 Å². The van der Waals surface area contributed by atoms with Crippen LogP contribution in [0.4, 0.5) is 4.39 Å². The van der Waals surface area contributed by atoms with E-state index in [1.807, 2.05) is 6.07 Å². The van der Waals surface area contributed by atoms with E-state index in [0.29, 0.717) is 33.6 Å². The van der Waals surface area contributed by atoms with Gasteiger partial charge in [-0.15, -0.1) is 0 Å². The molecule has 8 nitrogen and oxygen atoms in total. The highest BCUT2D eigenvalue weighted by atomic mass is 19.1. The number of pyridine rings is 1. The van der Waals surface area contributed by atoms with E-state index in [1.165, 1.54) is 35.1 Å². The van der Waals surface area contributed by atoms with Crippen LogP contribution in [0, 0.1) is 12.7 Å². The van der Waals surface area contributed by atoms with E-state index in [-0.39, 0.29) is 30.0 Å². The topological polar surface area (TPSA) is 107 Å². The summed E-state index contributed by atoms with van der Waals surface area (Å²) in [6, 6.07) is 19.3. The van der Waals surface area contributed by atoms with Gasteiger partial charge >= 0.3 is 0 Å². The third-order valence-electron chi connectivity index (χ3n) is 6.48. The van der Waals surface area contributed by atoms with Crippen molar-refractivity contribution < 1.29 is 24.1 Å². The number of rotatable bonds is 8. The lowest BCUT2D eigenvalue weighted by Gasteiger charge is -2.22. The quantitative estimate of drug-likeness (QED) is 0.257. The van der Waals surface area contributed by atoms with Gasteiger partial charge in [0.1, 0.15) is 17.1 Å². The number of halogens is 1. The largest absolute Gasteiger partial charge is 0.508 e. The van der Waals surface area contributed by atoms with Gasteiger partial charge in [-0.2, -0.15) is 0 Å². The maximum Gasteiger partial charge on any atom is 0.282 e. The Morgan fingerprint density at radius 3 is 2.48 bits per heavy atom. The Kier molecular flexibility index (Phi) is 6.99. The number of phenolic OH excluding ortho intramolecular Hbond substituents is 1. The van der Waals surface area contributed by atoms with Crippen molar-refractivity contribution in [3.8, 4) is 22.9 Å². The molecule has 40 heavy (non-hydrogen) atoms.